The first-order chi connectivity index (χ1) is 15.7. The SMILES string of the molecule is COc1ccc(NC(=O)COc2ccc(S(=O)(=O)Nc3ccc(Cl)cc3)cc2Cl)c(OC)c1. The summed E-state index contributed by atoms with van der Waals surface area (Å²) in [7, 11) is -0.894. The highest BCUT2D eigenvalue weighted by molar-refractivity contribution is 7.92. The summed E-state index contributed by atoms with van der Waals surface area (Å²) < 4.78 is 43.4. The molecule has 0 unspecified atom stereocenters. The van der Waals surface area contributed by atoms with Crippen LogP contribution in [0.1, 0.15) is 0 Å². The zero-order valence-electron chi connectivity index (χ0n) is 17.6. The largest absolute Gasteiger partial charge is 0.497 e. The second kappa shape index (κ2) is 10.7. The fourth-order valence-corrected chi connectivity index (χ4v) is 4.24. The van der Waals surface area contributed by atoms with E-state index in [2.05, 4.69) is 10.0 Å². The van der Waals surface area contributed by atoms with Crippen LogP contribution in [0.5, 0.6) is 17.2 Å². The molecule has 0 heterocycles. The van der Waals surface area contributed by atoms with E-state index in [9.17, 15) is 13.2 Å². The van der Waals surface area contributed by atoms with Crippen molar-refractivity contribution in [1.82, 2.24) is 0 Å². The van der Waals surface area contributed by atoms with Crippen LogP contribution in [0.3, 0.4) is 0 Å². The van der Waals surface area contributed by atoms with Crippen LogP contribution < -0.4 is 24.2 Å². The molecule has 0 aliphatic carbocycles. The van der Waals surface area contributed by atoms with Gasteiger partial charge in [0.25, 0.3) is 15.9 Å². The average molecular weight is 511 g/mol. The highest BCUT2D eigenvalue weighted by atomic mass is 35.5. The zero-order chi connectivity index (χ0) is 24.0. The Bertz CT molecular complexity index is 1250. The number of benzene rings is 3. The number of methoxy groups -OCH3 is 2. The molecule has 3 aromatic rings. The van der Waals surface area contributed by atoms with Gasteiger partial charge in [0.1, 0.15) is 17.2 Å². The van der Waals surface area contributed by atoms with E-state index in [0.29, 0.717) is 27.9 Å². The van der Waals surface area contributed by atoms with Crippen molar-refractivity contribution in [2.75, 3.05) is 30.9 Å². The Morgan fingerprint density at radius 3 is 2.27 bits per heavy atom. The van der Waals surface area contributed by atoms with Gasteiger partial charge in [0.2, 0.25) is 0 Å². The third kappa shape index (κ3) is 6.44. The summed E-state index contributed by atoms with van der Waals surface area (Å²) in [4.78, 5) is 12.2. The molecule has 11 heteroatoms. The molecule has 0 saturated carbocycles. The van der Waals surface area contributed by atoms with Crippen LogP contribution >= 0.6 is 23.2 Å². The van der Waals surface area contributed by atoms with Crippen molar-refractivity contribution >= 4 is 50.5 Å². The third-order valence-electron chi connectivity index (χ3n) is 4.35. The molecule has 0 saturated heterocycles. The molecular weight excluding hydrogens is 491 g/mol. The van der Waals surface area contributed by atoms with Crippen molar-refractivity contribution < 1.29 is 27.4 Å². The van der Waals surface area contributed by atoms with Crippen molar-refractivity contribution in [1.29, 1.82) is 0 Å². The first kappa shape index (κ1) is 24.5. The Morgan fingerprint density at radius 1 is 0.909 bits per heavy atom. The average Bonchev–Trinajstić information content (AvgIpc) is 2.79. The molecule has 1 amide bonds. The highest BCUT2D eigenvalue weighted by Crippen LogP contribution is 2.30. The van der Waals surface area contributed by atoms with Gasteiger partial charge in [-0.15, -0.1) is 0 Å². The van der Waals surface area contributed by atoms with Gasteiger partial charge in [-0.1, -0.05) is 23.2 Å². The Labute approximate surface area is 201 Å². The van der Waals surface area contributed by atoms with Gasteiger partial charge in [-0.05, 0) is 54.6 Å². The molecule has 0 fully saturated rings. The smallest absolute Gasteiger partial charge is 0.262 e. The fraction of sp³-hybridized carbons (Fsp3) is 0.136. The number of rotatable bonds is 9. The van der Waals surface area contributed by atoms with Crippen LogP contribution in [0.4, 0.5) is 11.4 Å². The number of amides is 1. The van der Waals surface area contributed by atoms with Crippen molar-refractivity contribution in [3.63, 3.8) is 0 Å². The van der Waals surface area contributed by atoms with Gasteiger partial charge in [0, 0.05) is 16.8 Å². The number of hydrogen-bond acceptors (Lipinski definition) is 6. The first-order valence-electron chi connectivity index (χ1n) is 9.44. The van der Waals surface area contributed by atoms with Crippen LogP contribution in [0, 0.1) is 0 Å². The summed E-state index contributed by atoms with van der Waals surface area (Å²) in [5.41, 5.74) is 0.786. The number of nitrogens with one attached hydrogen (secondary N) is 2. The Balaban J connectivity index is 1.64. The van der Waals surface area contributed by atoms with E-state index in [0.717, 1.165) is 0 Å². The Kier molecular flexibility index (Phi) is 7.91. The number of anilines is 2. The normalized spacial score (nSPS) is 10.9. The lowest BCUT2D eigenvalue weighted by Crippen LogP contribution is -2.20. The number of sulfonamides is 1. The standard InChI is InChI=1S/C22H20Cl2N2O6S/c1-30-16-7-9-19(21(11-16)31-2)25-22(27)13-32-20-10-8-17(12-18(20)24)33(28,29)26-15-5-3-14(23)4-6-15/h3-12,26H,13H2,1-2H3,(H,25,27). The second-order valence-corrected chi connectivity index (χ2v) is 9.13. The first-order valence-corrected chi connectivity index (χ1v) is 11.7. The quantitative estimate of drug-likeness (QED) is 0.427. The predicted octanol–water partition coefficient (Wildman–Crippen LogP) is 4.83. The summed E-state index contributed by atoms with van der Waals surface area (Å²) in [6, 6.07) is 15.1. The third-order valence-corrected chi connectivity index (χ3v) is 6.28. The van der Waals surface area contributed by atoms with Gasteiger partial charge in [-0.2, -0.15) is 0 Å². The summed E-state index contributed by atoms with van der Waals surface area (Å²) in [5.74, 6) is 0.687. The van der Waals surface area contributed by atoms with E-state index in [-0.39, 0.29) is 22.3 Å². The highest BCUT2D eigenvalue weighted by Gasteiger charge is 2.17. The number of hydrogen-bond donors (Lipinski definition) is 2. The molecule has 174 valence electrons. The number of carbonyl (C=O) groups excluding carboxylic acids is 1. The van der Waals surface area contributed by atoms with Crippen molar-refractivity contribution in [3.8, 4) is 17.2 Å². The lowest BCUT2D eigenvalue weighted by molar-refractivity contribution is -0.118. The van der Waals surface area contributed by atoms with E-state index in [4.69, 9.17) is 37.4 Å². The van der Waals surface area contributed by atoms with Crippen LogP contribution in [0.25, 0.3) is 0 Å². The number of halogens is 2. The van der Waals surface area contributed by atoms with Crippen molar-refractivity contribution in [3.05, 3.63) is 70.7 Å². The fourth-order valence-electron chi connectivity index (χ4n) is 2.73. The Morgan fingerprint density at radius 2 is 1.64 bits per heavy atom. The monoisotopic (exact) mass is 510 g/mol. The molecule has 0 spiro atoms. The van der Waals surface area contributed by atoms with Gasteiger partial charge in [-0.25, -0.2) is 8.42 Å². The van der Waals surface area contributed by atoms with Gasteiger partial charge in [-0.3, -0.25) is 9.52 Å². The molecule has 2 N–H and O–H groups in total. The maximum atomic E-state index is 12.6. The molecule has 0 aromatic heterocycles. The molecule has 3 rings (SSSR count). The van der Waals surface area contributed by atoms with E-state index in [1.165, 1.54) is 44.6 Å². The van der Waals surface area contributed by atoms with Crippen LogP contribution in [-0.4, -0.2) is 35.2 Å². The van der Waals surface area contributed by atoms with E-state index < -0.39 is 15.9 Å². The van der Waals surface area contributed by atoms with Crippen molar-refractivity contribution in [2.45, 2.75) is 4.90 Å². The van der Waals surface area contributed by atoms with Gasteiger partial charge < -0.3 is 19.5 Å². The molecule has 0 radical (unpaired) electrons. The lowest BCUT2D eigenvalue weighted by Gasteiger charge is -2.13. The van der Waals surface area contributed by atoms with E-state index in [1.807, 2.05) is 0 Å². The van der Waals surface area contributed by atoms with Crippen molar-refractivity contribution in [2.24, 2.45) is 0 Å². The van der Waals surface area contributed by atoms with Gasteiger partial charge >= 0.3 is 0 Å². The summed E-state index contributed by atoms with van der Waals surface area (Å²) in [6.45, 7) is -0.357. The minimum atomic E-state index is -3.89. The van der Waals surface area contributed by atoms with Crippen LogP contribution in [0.2, 0.25) is 10.0 Å². The van der Waals surface area contributed by atoms with Crippen LogP contribution in [-0.2, 0) is 14.8 Å². The predicted molar refractivity (Wildman–Crippen MR) is 127 cm³/mol. The number of ether oxygens (including phenoxy) is 3. The topological polar surface area (TPSA) is 103 Å². The van der Waals surface area contributed by atoms with Crippen LogP contribution in [0.15, 0.2) is 65.6 Å². The van der Waals surface area contributed by atoms with E-state index >= 15 is 0 Å². The maximum absolute atomic E-state index is 12.6. The maximum Gasteiger partial charge on any atom is 0.262 e. The molecule has 0 bridgehead atoms. The molecule has 33 heavy (non-hydrogen) atoms. The molecule has 0 aliphatic rings. The second-order valence-electron chi connectivity index (χ2n) is 6.61. The molecule has 0 atom stereocenters. The Hall–Kier alpha value is -3.14. The van der Waals surface area contributed by atoms with Gasteiger partial charge in [0.15, 0.2) is 6.61 Å². The lowest BCUT2D eigenvalue weighted by atomic mass is 10.2. The molecule has 8 nitrogen and oxygen atoms in total. The minimum Gasteiger partial charge on any atom is -0.497 e. The summed E-state index contributed by atoms with van der Waals surface area (Å²) >= 11 is 12.0. The van der Waals surface area contributed by atoms with E-state index in [1.54, 1.807) is 30.3 Å². The molecular formula is C22H20Cl2N2O6S. The minimum absolute atomic E-state index is 0.0313. The van der Waals surface area contributed by atoms with Gasteiger partial charge in [0.05, 0.1) is 29.8 Å². The summed E-state index contributed by atoms with van der Waals surface area (Å²) in [6.07, 6.45) is 0. The summed E-state index contributed by atoms with van der Waals surface area (Å²) in [5, 5.41) is 3.18. The molecule has 0 aliphatic heterocycles. The zero-order valence-corrected chi connectivity index (χ0v) is 19.9. The molecule has 3 aromatic carbocycles. The number of carbonyl (C=O) groups is 1.